The molecule has 1 aromatic heterocycles. The van der Waals surface area contributed by atoms with E-state index in [1.807, 2.05) is 11.3 Å². The minimum atomic E-state index is 0.597. The minimum Gasteiger partial charge on any atom is -0.309 e. The van der Waals surface area contributed by atoms with E-state index >= 15 is 0 Å². The molecule has 2 aliphatic rings. The molecule has 0 aliphatic heterocycles. The average molecular weight is 328 g/mol. The molecule has 0 saturated heterocycles. The van der Waals surface area contributed by atoms with Crippen LogP contribution >= 0.6 is 27.3 Å². The van der Waals surface area contributed by atoms with Gasteiger partial charge in [-0.1, -0.05) is 13.3 Å². The van der Waals surface area contributed by atoms with Gasteiger partial charge < -0.3 is 5.32 Å². The number of fused-ring (bicyclic) bond motifs is 2. The highest BCUT2D eigenvalue weighted by atomic mass is 79.9. The average Bonchev–Trinajstić information content (AvgIpc) is 3.03. The summed E-state index contributed by atoms with van der Waals surface area (Å²) in [5, 5.41) is 3.76. The van der Waals surface area contributed by atoms with E-state index in [1.54, 1.807) is 4.88 Å². The summed E-state index contributed by atoms with van der Waals surface area (Å²) in [4.78, 5) is 1.54. The van der Waals surface area contributed by atoms with Gasteiger partial charge in [-0.3, -0.25) is 0 Å². The molecule has 2 saturated carbocycles. The van der Waals surface area contributed by atoms with Gasteiger partial charge in [-0.2, -0.15) is 0 Å². The number of halogens is 1. The maximum absolute atomic E-state index is 3.76. The second kappa shape index (κ2) is 5.26. The number of aryl methyl sites for hydroxylation is 1. The summed E-state index contributed by atoms with van der Waals surface area (Å²) in [7, 11) is 0. The molecule has 18 heavy (non-hydrogen) atoms. The lowest BCUT2D eigenvalue weighted by molar-refractivity contribution is 0.256. The van der Waals surface area contributed by atoms with Crippen molar-refractivity contribution in [3.05, 3.63) is 20.3 Å². The van der Waals surface area contributed by atoms with Gasteiger partial charge in [-0.25, -0.2) is 0 Å². The van der Waals surface area contributed by atoms with Gasteiger partial charge in [0.1, 0.15) is 0 Å². The lowest BCUT2D eigenvalue weighted by Crippen LogP contribution is -2.30. The standard InChI is InChI=1S/C15H22BrNS/c1-3-17-14(13-6-9(2)15(16)18-13)12-8-10-4-5-11(12)7-10/h6,10-12,14,17H,3-5,7-8H2,1-2H3. The van der Waals surface area contributed by atoms with Crippen LogP contribution in [0.25, 0.3) is 0 Å². The SMILES string of the molecule is CCNC(c1cc(C)c(Br)s1)C1CC2CCC1C2. The van der Waals surface area contributed by atoms with Crippen molar-refractivity contribution in [3.63, 3.8) is 0 Å². The van der Waals surface area contributed by atoms with Gasteiger partial charge in [-0.15, -0.1) is 11.3 Å². The second-order valence-corrected chi connectivity index (χ2v) is 8.38. The minimum absolute atomic E-state index is 0.597. The Morgan fingerprint density at radius 3 is 2.78 bits per heavy atom. The van der Waals surface area contributed by atoms with Gasteiger partial charge in [0.15, 0.2) is 0 Å². The first-order valence-corrected chi connectivity index (χ1v) is 8.79. The fraction of sp³-hybridized carbons (Fsp3) is 0.733. The third-order valence-corrected chi connectivity index (χ3v) is 7.05. The molecule has 4 unspecified atom stereocenters. The molecule has 3 rings (SSSR count). The molecule has 2 bridgehead atoms. The van der Waals surface area contributed by atoms with Crippen molar-refractivity contribution < 1.29 is 0 Å². The van der Waals surface area contributed by atoms with E-state index < -0.39 is 0 Å². The van der Waals surface area contributed by atoms with Crippen molar-refractivity contribution in [1.82, 2.24) is 5.32 Å². The van der Waals surface area contributed by atoms with Crippen molar-refractivity contribution in [3.8, 4) is 0 Å². The monoisotopic (exact) mass is 327 g/mol. The van der Waals surface area contributed by atoms with Gasteiger partial charge in [0, 0.05) is 10.9 Å². The van der Waals surface area contributed by atoms with Crippen molar-refractivity contribution in [2.75, 3.05) is 6.54 Å². The Kier molecular flexibility index (Phi) is 3.84. The number of nitrogens with one attached hydrogen (secondary N) is 1. The van der Waals surface area contributed by atoms with Crippen molar-refractivity contribution >= 4 is 27.3 Å². The van der Waals surface area contributed by atoms with Crippen LogP contribution in [0.15, 0.2) is 9.85 Å². The fourth-order valence-corrected chi connectivity index (χ4v) is 5.74. The van der Waals surface area contributed by atoms with Crippen LogP contribution in [-0.2, 0) is 0 Å². The highest BCUT2D eigenvalue weighted by Crippen LogP contribution is 2.53. The zero-order valence-electron chi connectivity index (χ0n) is 11.2. The Labute approximate surface area is 122 Å². The molecule has 0 spiro atoms. The first-order valence-electron chi connectivity index (χ1n) is 7.18. The molecule has 0 amide bonds. The van der Waals surface area contributed by atoms with Crippen LogP contribution in [0, 0.1) is 24.7 Å². The normalized spacial score (nSPS) is 32.1. The topological polar surface area (TPSA) is 12.0 Å². The van der Waals surface area contributed by atoms with Crippen LogP contribution in [-0.4, -0.2) is 6.54 Å². The third kappa shape index (κ3) is 2.30. The van der Waals surface area contributed by atoms with Crippen molar-refractivity contribution in [2.24, 2.45) is 17.8 Å². The van der Waals surface area contributed by atoms with E-state index in [1.165, 1.54) is 35.0 Å². The summed E-state index contributed by atoms with van der Waals surface area (Å²) in [5.74, 6) is 2.90. The zero-order chi connectivity index (χ0) is 12.7. The molecule has 1 heterocycles. The van der Waals surface area contributed by atoms with Crippen LogP contribution in [0.5, 0.6) is 0 Å². The molecule has 2 fully saturated rings. The van der Waals surface area contributed by atoms with E-state index in [0.717, 1.165) is 24.3 Å². The van der Waals surface area contributed by atoms with Crippen molar-refractivity contribution in [2.45, 2.75) is 45.6 Å². The number of rotatable bonds is 4. The maximum atomic E-state index is 3.76. The first-order chi connectivity index (χ1) is 8.69. The fourth-order valence-electron chi connectivity index (χ4n) is 4.02. The molecule has 1 aromatic rings. The van der Waals surface area contributed by atoms with E-state index in [2.05, 4.69) is 41.2 Å². The largest absolute Gasteiger partial charge is 0.309 e. The third-order valence-electron chi connectivity index (χ3n) is 4.83. The molecular weight excluding hydrogens is 306 g/mol. The quantitative estimate of drug-likeness (QED) is 0.828. The molecular formula is C15H22BrNS. The Morgan fingerprint density at radius 1 is 1.44 bits per heavy atom. The Balaban J connectivity index is 1.83. The highest BCUT2D eigenvalue weighted by Gasteiger charge is 2.43. The van der Waals surface area contributed by atoms with Gasteiger partial charge in [0.05, 0.1) is 3.79 Å². The molecule has 2 aliphatic carbocycles. The van der Waals surface area contributed by atoms with E-state index in [0.29, 0.717) is 6.04 Å². The van der Waals surface area contributed by atoms with Crippen LogP contribution in [0.4, 0.5) is 0 Å². The van der Waals surface area contributed by atoms with Crippen LogP contribution in [0.2, 0.25) is 0 Å². The predicted molar refractivity (Wildman–Crippen MR) is 82.1 cm³/mol. The molecule has 0 radical (unpaired) electrons. The Bertz CT molecular complexity index is 409. The van der Waals surface area contributed by atoms with Crippen LogP contribution < -0.4 is 5.32 Å². The summed E-state index contributed by atoms with van der Waals surface area (Å²) in [6, 6.07) is 2.98. The predicted octanol–water partition coefficient (Wildman–Crippen LogP) is 4.91. The maximum Gasteiger partial charge on any atom is 0.0731 e. The summed E-state index contributed by atoms with van der Waals surface area (Å²) in [6.45, 7) is 5.51. The molecule has 1 N–H and O–H groups in total. The van der Waals surface area contributed by atoms with Gasteiger partial charge in [0.2, 0.25) is 0 Å². The summed E-state index contributed by atoms with van der Waals surface area (Å²) in [6.07, 6.45) is 5.92. The number of hydrogen-bond acceptors (Lipinski definition) is 2. The molecule has 4 atom stereocenters. The molecule has 100 valence electrons. The van der Waals surface area contributed by atoms with E-state index in [-0.39, 0.29) is 0 Å². The van der Waals surface area contributed by atoms with Gasteiger partial charge >= 0.3 is 0 Å². The van der Waals surface area contributed by atoms with Crippen molar-refractivity contribution in [1.29, 1.82) is 0 Å². The second-order valence-electron chi connectivity index (χ2n) is 5.98. The number of thiophene rings is 1. The Hall–Kier alpha value is 0.140. The summed E-state index contributed by atoms with van der Waals surface area (Å²) >= 11 is 5.61. The van der Waals surface area contributed by atoms with Crippen LogP contribution in [0.3, 0.4) is 0 Å². The number of hydrogen-bond donors (Lipinski definition) is 1. The van der Waals surface area contributed by atoms with Crippen LogP contribution in [0.1, 0.15) is 49.1 Å². The smallest absolute Gasteiger partial charge is 0.0731 e. The lowest BCUT2D eigenvalue weighted by Gasteiger charge is -2.30. The highest BCUT2D eigenvalue weighted by molar-refractivity contribution is 9.11. The summed E-state index contributed by atoms with van der Waals surface area (Å²) in [5.41, 5.74) is 1.39. The molecule has 1 nitrogen and oxygen atoms in total. The lowest BCUT2D eigenvalue weighted by atomic mass is 9.82. The molecule has 0 aromatic carbocycles. The first kappa shape index (κ1) is 13.1. The van der Waals surface area contributed by atoms with E-state index in [9.17, 15) is 0 Å². The van der Waals surface area contributed by atoms with Gasteiger partial charge in [0.25, 0.3) is 0 Å². The van der Waals surface area contributed by atoms with Gasteiger partial charge in [-0.05, 0) is 78.0 Å². The van der Waals surface area contributed by atoms with E-state index in [4.69, 9.17) is 0 Å². The molecule has 3 heteroatoms. The Morgan fingerprint density at radius 2 is 2.28 bits per heavy atom. The summed E-state index contributed by atoms with van der Waals surface area (Å²) < 4.78 is 1.31. The zero-order valence-corrected chi connectivity index (χ0v) is 13.6.